The summed E-state index contributed by atoms with van der Waals surface area (Å²) in [6, 6.07) is 10.0. The van der Waals surface area contributed by atoms with Crippen molar-refractivity contribution in [3.05, 3.63) is 73.2 Å². The van der Waals surface area contributed by atoms with Crippen molar-refractivity contribution in [2.24, 2.45) is 0 Å². The molecule has 1 aliphatic rings. The van der Waals surface area contributed by atoms with E-state index in [0.29, 0.717) is 28.8 Å². The molecule has 0 bridgehead atoms. The Kier molecular flexibility index (Phi) is 5.55. The second kappa shape index (κ2) is 8.14. The van der Waals surface area contributed by atoms with Crippen LogP contribution in [-0.2, 0) is 6.42 Å². The monoisotopic (exact) mass is 445 g/mol. The van der Waals surface area contributed by atoms with Gasteiger partial charge in [0, 0.05) is 11.6 Å². The molecule has 0 unspecified atom stereocenters. The predicted molar refractivity (Wildman–Crippen MR) is 117 cm³/mol. The first-order chi connectivity index (χ1) is 14.4. The molecule has 2 aromatic carbocycles. The highest BCUT2D eigenvalue weighted by Crippen LogP contribution is 2.38. The molecule has 1 aromatic heterocycles. The summed E-state index contributed by atoms with van der Waals surface area (Å²) in [5, 5.41) is 15.0. The zero-order chi connectivity index (χ0) is 21.4. The SMILES string of the molecule is COc1cc2c(cc1OC)[C@@H](c1c(O)n(-c3ccc(Cl)cc3)c(=S)[nH]c1=O)NCC2. The number of nitrogens with one attached hydrogen (secondary N) is 2. The Morgan fingerprint density at radius 3 is 2.50 bits per heavy atom. The van der Waals surface area contributed by atoms with Gasteiger partial charge in [0.2, 0.25) is 5.88 Å². The molecule has 0 aliphatic carbocycles. The second-order valence-electron chi connectivity index (χ2n) is 6.85. The van der Waals surface area contributed by atoms with Crippen molar-refractivity contribution in [3.8, 4) is 23.1 Å². The van der Waals surface area contributed by atoms with E-state index >= 15 is 0 Å². The number of benzene rings is 2. The number of fused-ring (bicyclic) bond motifs is 1. The molecule has 156 valence electrons. The third-order valence-electron chi connectivity index (χ3n) is 5.19. The molecule has 0 fully saturated rings. The number of hydrogen-bond acceptors (Lipinski definition) is 6. The summed E-state index contributed by atoms with van der Waals surface area (Å²) in [4.78, 5) is 15.5. The number of ether oxygens (including phenoxy) is 2. The Balaban J connectivity index is 1.93. The molecular formula is C21H20ClN3O4S. The number of halogens is 1. The summed E-state index contributed by atoms with van der Waals surface area (Å²) in [6.45, 7) is 0.628. The van der Waals surface area contributed by atoms with Crippen LogP contribution in [0, 0.1) is 4.77 Å². The van der Waals surface area contributed by atoms with Gasteiger partial charge in [-0.05, 0) is 66.2 Å². The number of rotatable bonds is 4. The Morgan fingerprint density at radius 2 is 1.83 bits per heavy atom. The van der Waals surface area contributed by atoms with Crippen molar-refractivity contribution >= 4 is 23.8 Å². The fourth-order valence-corrected chi connectivity index (χ4v) is 4.18. The molecule has 0 amide bonds. The topological polar surface area (TPSA) is 88.5 Å². The van der Waals surface area contributed by atoms with Gasteiger partial charge in [0.05, 0.1) is 31.5 Å². The van der Waals surface area contributed by atoms with E-state index < -0.39 is 11.6 Å². The lowest BCUT2D eigenvalue weighted by Crippen LogP contribution is -2.35. The lowest BCUT2D eigenvalue weighted by molar-refractivity contribution is 0.352. The molecule has 4 rings (SSSR count). The number of aromatic hydroxyl groups is 1. The molecule has 1 aliphatic heterocycles. The summed E-state index contributed by atoms with van der Waals surface area (Å²) in [5.41, 5.74) is 2.15. The second-order valence-corrected chi connectivity index (χ2v) is 7.67. The van der Waals surface area contributed by atoms with Crippen LogP contribution in [0.2, 0.25) is 5.02 Å². The zero-order valence-corrected chi connectivity index (χ0v) is 17.9. The largest absolute Gasteiger partial charge is 0.494 e. The lowest BCUT2D eigenvalue weighted by atomic mass is 9.90. The third kappa shape index (κ3) is 3.47. The average molecular weight is 446 g/mol. The van der Waals surface area contributed by atoms with Crippen LogP contribution >= 0.6 is 23.8 Å². The summed E-state index contributed by atoms with van der Waals surface area (Å²) < 4.78 is 12.3. The van der Waals surface area contributed by atoms with Gasteiger partial charge in [-0.15, -0.1) is 0 Å². The molecule has 2 heterocycles. The Morgan fingerprint density at radius 1 is 1.17 bits per heavy atom. The van der Waals surface area contributed by atoms with E-state index in [4.69, 9.17) is 33.3 Å². The van der Waals surface area contributed by atoms with Crippen LogP contribution in [-0.4, -0.2) is 35.4 Å². The first kappa shape index (κ1) is 20.5. The van der Waals surface area contributed by atoms with Gasteiger partial charge in [0.25, 0.3) is 5.56 Å². The molecule has 3 N–H and O–H groups in total. The highest BCUT2D eigenvalue weighted by atomic mass is 35.5. The van der Waals surface area contributed by atoms with E-state index in [2.05, 4.69) is 10.3 Å². The molecule has 1 atom stereocenters. The molecule has 3 aromatic rings. The minimum absolute atomic E-state index is 0.0897. The van der Waals surface area contributed by atoms with Gasteiger partial charge < -0.3 is 19.9 Å². The standard InChI is InChI=1S/C21H20ClN3O4S/c1-28-15-9-11-7-8-23-18(14(11)10-16(15)29-2)17-19(26)24-21(30)25(20(17)27)13-5-3-12(22)4-6-13/h3-6,9-10,18,23,27H,7-8H2,1-2H3,(H,24,26,30)/t18-/m0/s1. The maximum absolute atomic E-state index is 12.9. The van der Waals surface area contributed by atoms with Gasteiger partial charge in [-0.1, -0.05) is 11.6 Å². The van der Waals surface area contributed by atoms with Crippen LogP contribution in [0.3, 0.4) is 0 Å². The fourth-order valence-electron chi connectivity index (χ4n) is 3.77. The van der Waals surface area contributed by atoms with E-state index in [1.54, 1.807) is 38.5 Å². The number of aromatic amines is 1. The minimum atomic E-state index is -0.550. The van der Waals surface area contributed by atoms with Crippen LogP contribution in [0.15, 0.2) is 41.2 Å². The third-order valence-corrected chi connectivity index (χ3v) is 5.73. The van der Waals surface area contributed by atoms with Crippen molar-refractivity contribution in [1.82, 2.24) is 14.9 Å². The normalized spacial score (nSPS) is 15.5. The molecule has 9 heteroatoms. The maximum Gasteiger partial charge on any atom is 0.260 e. The molecule has 0 saturated carbocycles. The van der Waals surface area contributed by atoms with Gasteiger partial charge in [-0.3, -0.25) is 14.3 Å². The summed E-state index contributed by atoms with van der Waals surface area (Å²) in [6.07, 6.45) is 0.751. The Labute approximate surface area is 182 Å². The van der Waals surface area contributed by atoms with Gasteiger partial charge in [0.1, 0.15) is 0 Å². The summed E-state index contributed by atoms with van der Waals surface area (Å²) >= 11 is 11.3. The zero-order valence-electron chi connectivity index (χ0n) is 16.4. The molecule has 0 spiro atoms. The minimum Gasteiger partial charge on any atom is -0.494 e. The molecular weight excluding hydrogens is 426 g/mol. The van der Waals surface area contributed by atoms with Gasteiger partial charge in [-0.25, -0.2) is 0 Å². The first-order valence-corrected chi connectivity index (χ1v) is 10.1. The quantitative estimate of drug-likeness (QED) is 0.533. The lowest BCUT2D eigenvalue weighted by Gasteiger charge is -2.29. The van der Waals surface area contributed by atoms with Crippen LogP contribution < -0.4 is 20.3 Å². The van der Waals surface area contributed by atoms with Crippen molar-refractivity contribution in [3.63, 3.8) is 0 Å². The smallest absolute Gasteiger partial charge is 0.260 e. The van der Waals surface area contributed by atoms with Crippen molar-refractivity contribution in [2.45, 2.75) is 12.5 Å². The number of hydrogen-bond donors (Lipinski definition) is 3. The van der Waals surface area contributed by atoms with Gasteiger partial charge in [0.15, 0.2) is 16.3 Å². The summed E-state index contributed by atoms with van der Waals surface area (Å²) in [7, 11) is 3.14. The average Bonchev–Trinajstić information content (AvgIpc) is 2.73. The summed E-state index contributed by atoms with van der Waals surface area (Å²) in [5.74, 6) is 0.935. The number of aromatic nitrogens is 2. The van der Waals surface area contributed by atoms with Crippen molar-refractivity contribution < 1.29 is 14.6 Å². The first-order valence-electron chi connectivity index (χ1n) is 9.27. The molecule has 7 nitrogen and oxygen atoms in total. The number of methoxy groups -OCH3 is 2. The van der Waals surface area contributed by atoms with Crippen LogP contribution in [0.25, 0.3) is 5.69 Å². The number of H-pyrrole nitrogens is 1. The van der Waals surface area contributed by atoms with Crippen molar-refractivity contribution in [1.29, 1.82) is 0 Å². The highest BCUT2D eigenvalue weighted by molar-refractivity contribution is 7.71. The highest BCUT2D eigenvalue weighted by Gasteiger charge is 2.29. The van der Waals surface area contributed by atoms with E-state index in [1.807, 2.05) is 12.1 Å². The van der Waals surface area contributed by atoms with E-state index in [1.165, 1.54) is 4.57 Å². The fraction of sp³-hybridized carbons (Fsp3) is 0.238. The van der Waals surface area contributed by atoms with Crippen molar-refractivity contribution in [2.75, 3.05) is 20.8 Å². The molecule has 0 radical (unpaired) electrons. The van der Waals surface area contributed by atoms with Crippen LogP contribution in [0.4, 0.5) is 0 Å². The predicted octanol–water partition coefficient (Wildman–Crippen LogP) is 3.51. The Bertz CT molecular complexity index is 1220. The van der Waals surface area contributed by atoms with Gasteiger partial charge >= 0.3 is 0 Å². The molecule has 0 saturated heterocycles. The van der Waals surface area contributed by atoms with E-state index in [9.17, 15) is 9.90 Å². The van der Waals surface area contributed by atoms with Crippen LogP contribution in [0.5, 0.6) is 17.4 Å². The molecule has 30 heavy (non-hydrogen) atoms. The Hall–Kier alpha value is -2.81. The van der Waals surface area contributed by atoms with E-state index in [0.717, 1.165) is 17.5 Å². The van der Waals surface area contributed by atoms with Gasteiger partial charge in [-0.2, -0.15) is 0 Å². The van der Waals surface area contributed by atoms with E-state index in [-0.39, 0.29) is 16.2 Å². The maximum atomic E-state index is 12.9. The number of nitrogens with zero attached hydrogens (tertiary/aromatic N) is 1. The van der Waals surface area contributed by atoms with Crippen LogP contribution in [0.1, 0.15) is 22.7 Å².